The number of aryl methyl sites for hydroxylation is 1. The van der Waals surface area contributed by atoms with Crippen LogP contribution >= 0.6 is 0 Å². The number of tetrazole rings is 1. The van der Waals surface area contributed by atoms with Crippen LogP contribution in [0.3, 0.4) is 0 Å². The Morgan fingerprint density at radius 2 is 1.81 bits per heavy atom. The number of rotatable bonds is 6. The molecule has 2 heterocycles. The Morgan fingerprint density at radius 3 is 2.48 bits per heavy atom. The van der Waals surface area contributed by atoms with E-state index in [9.17, 15) is 13.2 Å². The van der Waals surface area contributed by atoms with Crippen LogP contribution in [0.1, 0.15) is 30.4 Å². The molecule has 1 aliphatic heterocycles. The smallest absolute Gasteiger partial charge is 0.243 e. The SMILES string of the molecule is Cc1ccc(NC(=O)Cc2ccc(S(=O)(=O)N3CCCCC3)cc2)cc1-n1cnnn1. The fourth-order valence-corrected chi connectivity index (χ4v) is 5.15. The van der Waals surface area contributed by atoms with Gasteiger partial charge in [-0.05, 0) is 65.6 Å². The first-order valence-corrected chi connectivity index (χ1v) is 11.6. The molecule has 0 saturated carbocycles. The first-order chi connectivity index (χ1) is 14.9. The van der Waals surface area contributed by atoms with E-state index in [0.29, 0.717) is 18.8 Å². The van der Waals surface area contributed by atoms with Gasteiger partial charge in [0.2, 0.25) is 15.9 Å². The summed E-state index contributed by atoms with van der Waals surface area (Å²) in [5.41, 5.74) is 3.11. The summed E-state index contributed by atoms with van der Waals surface area (Å²) in [5, 5.41) is 14.0. The molecular formula is C21H24N6O3S. The molecule has 0 spiro atoms. The predicted octanol–water partition coefficient (Wildman–Crippen LogP) is 2.33. The maximum Gasteiger partial charge on any atom is 0.243 e. The van der Waals surface area contributed by atoms with Gasteiger partial charge in [0.25, 0.3) is 0 Å². The maximum atomic E-state index is 12.7. The highest BCUT2D eigenvalue weighted by Crippen LogP contribution is 2.22. The number of carbonyl (C=O) groups excluding carboxylic acids is 1. The Balaban J connectivity index is 1.42. The second-order valence-corrected chi connectivity index (χ2v) is 9.53. The zero-order valence-electron chi connectivity index (χ0n) is 17.2. The van der Waals surface area contributed by atoms with E-state index in [0.717, 1.165) is 36.1 Å². The molecule has 1 N–H and O–H groups in total. The van der Waals surface area contributed by atoms with Gasteiger partial charge in [0, 0.05) is 18.8 Å². The van der Waals surface area contributed by atoms with Crippen molar-refractivity contribution in [3.63, 3.8) is 0 Å². The van der Waals surface area contributed by atoms with Gasteiger partial charge in [0.15, 0.2) is 0 Å². The van der Waals surface area contributed by atoms with Gasteiger partial charge >= 0.3 is 0 Å². The van der Waals surface area contributed by atoms with Crippen molar-refractivity contribution >= 4 is 21.6 Å². The second-order valence-electron chi connectivity index (χ2n) is 7.59. The Bertz CT molecular complexity index is 1150. The van der Waals surface area contributed by atoms with Crippen LogP contribution in [-0.4, -0.2) is 51.9 Å². The Labute approximate surface area is 181 Å². The number of hydrogen-bond donors (Lipinski definition) is 1. The number of benzene rings is 2. The maximum absolute atomic E-state index is 12.7. The molecule has 31 heavy (non-hydrogen) atoms. The minimum atomic E-state index is -3.47. The van der Waals surface area contributed by atoms with Crippen LogP contribution in [-0.2, 0) is 21.2 Å². The van der Waals surface area contributed by atoms with Crippen LogP contribution in [0.5, 0.6) is 0 Å². The van der Waals surface area contributed by atoms with Gasteiger partial charge in [-0.25, -0.2) is 13.1 Å². The highest BCUT2D eigenvalue weighted by atomic mass is 32.2. The van der Waals surface area contributed by atoms with Crippen LogP contribution in [0, 0.1) is 6.92 Å². The lowest BCUT2D eigenvalue weighted by atomic mass is 10.1. The highest BCUT2D eigenvalue weighted by molar-refractivity contribution is 7.89. The van der Waals surface area contributed by atoms with E-state index in [1.165, 1.54) is 15.3 Å². The Morgan fingerprint density at radius 1 is 1.06 bits per heavy atom. The molecule has 1 saturated heterocycles. The molecule has 0 aliphatic carbocycles. The molecule has 1 aliphatic rings. The van der Waals surface area contributed by atoms with Gasteiger partial charge in [-0.15, -0.1) is 5.10 Å². The van der Waals surface area contributed by atoms with Crippen molar-refractivity contribution in [1.29, 1.82) is 0 Å². The standard InChI is InChI=1S/C21H24N6O3S/c1-16-5-8-18(14-20(16)27-15-22-24-25-27)23-21(28)13-17-6-9-19(10-7-17)31(29,30)26-11-3-2-4-12-26/h5-10,14-15H,2-4,11-13H2,1H3,(H,23,28). The highest BCUT2D eigenvalue weighted by Gasteiger charge is 2.25. The molecule has 9 nitrogen and oxygen atoms in total. The van der Waals surface area contributed by atoms with Crippen molar-refractivity contribution < 1.29 is 13.2 Å². The molecule has 10 heteroatoms. The summed E-state index contributed by atoms with van der Waals surface area (Å²) >= 11 is 0. The zero-order chi connectivity index (χ0) is 21.8. The summed E-state index contributed by atoms with van der Waals surface area (Å²) in [4.78, 5) is 12.8. The van der Waals surface area contributed by atoms with Crippen LogP contribution in [0.25, 0.3) is 5.69 Å². The number of carbonyl (C=O) groups is 1. The zero-order valence-corrected chi connectivity index (χ0v) is 18.0. The topological polar surface area (TPSA) is 110 Å². The van der Waals surface area contributed by atoms with Crippen molar-refractivity contribution in [1.82, 2.24) is 24.5 Å². The van der Waals surface area contributed by atoms with Crippen molar-refractivity contribution in [3.05, 3.63) is 59.9 Å². The van der Waals surface area contributed by atoms with Gasteiger partial charge in [0.05, 0.1) is 17.0 Å². The van der Waals surface area contributed by atoms with Gasteiger partial charge in [-0.3, -0.25) is 4.79 Å². The Hall–Kier alpha value is -3.11. The summed E-state index contributed by atoms with van der Waals surface area (Å²) < 4.78 is 28.6. The third-order valence-electron chi connectivity index (χ3n) is 5.33. The first kappa shape index (κ1) is 21.1. The molecule has 4 rings (SSSR count). The number of sulfonamides is 1. The molecule has 3 aromatic rings. The largest absolute Gasteiger partial charge is 0.326 e. The molecule has 0 bridgehead atoms. The average molecular weight is 441 g/mol. The third kappa shape index (κ3) is 4.80. The molecule has 1 aromatic heterocycles. The number of anilines is 1. The molecule has 1 amide bonds. The summed E-state index contributed by atoms with van der Waals surface area (Å²) in [6.45, 7) is 3.06. The van der Waals surface area contributed by atoms with E-state index in [-0.39, 0.29) is 17.2 Å². The monoisotopic (exact) mass is 440 g/mol. The third-order valence-corrected chi connectivity index (χ3v) is 7.24. The fraction of sp³-hybridized carbons (Fsp3) is 0.333. The second kappa shape index (κ2) is 8.94. The minimum absolute atomic E-state index is 0.137. The summed E-state index contributed by atoms with van der Waals surface area (Å²) in [5.74, 6) is -0.196. The lowest BCUT2D eigenvalue weighted by molar-refractivity contribution is -0.115. The van der Waals surface area contributed by atoms with Crippen molar-refractivity contribution in [2.45, 2.75) is 37.5 Å². The van der Waals surface area contributed by atoms with Gasteiger partial charge in [-0.2, -0.15) is 4.31 Å². The van der Waals surface area contributed by atoms with Crippen molar-refractivity contribution in [2.75, 3.05) is 18.4 Å². The van der Waals surface area contributed by atoms with Crippen molar-refractivity contribution in [3.8, 4) is 5.69 Å². The number of hydrogen-bond acceptors (Lipinski definition) is 6. The van der Waals surface area contributed by atoms with Crippen LogP contribution in [0.15, 0.2) is 53.7 Å². The minimum Gasteiger partial charge on any atom is -0.326 e. The summed E-state index contributed by atoms with van der Waals surface area (Å²) in [6, 6.07) is 12.0. The van der Waals surface area contributed by atoms with E-state index in [1.54, 1.807) is 30.3 Å². The Kier molecular flexibility index (Phi) is 6.10. The molecule has 0 radical (unpaired) electrons. The van der Waals surface area contributed by atoms with Gasteiger partial charge in [-0.1, -0.05) is 24.6 Å². The van der Waals surface area contributed by atoms with Crippen LogP contribution in [0.4, 0.5) is 5.69 Å². The van der Waals surface area contributed by atoms with Crippen molar-refractivity contribution in [2.24, 2.45) is 0 Å². The molecule has 0 unspecified atom stereocenters. The lowest BCUT2D eigenvalue weighted by Crippen LogP contribution is -2.35. The van der Waals surface area contributed by atoms with E-state index < -0.39 is 10.0 Å². The molecule has 1 fully saturated rings. The lowest BCUT2D eigenvalue weighted by Gasteiger charge is -2.25. The van der Waals surface area contributed by atoms with E-state index in [2.05, 4.69) is 20.8 Å². The fourth-order valence-electron chi connectivity index (χ4n) is 3.63. The normalized spacial score (nSPS) is 15.0. The molecular weight excluding hydrogens is 416 g/mol. The van der Waals surface area contributed by atoms with Gasteiger partial charge in [0.1, 0.15) is 6.33 Å². The predicted molar refractivity (Wildman–Crippen MR) is 115 cm³/mol. The van der Waals surface area contributed by atoms with Crippen LogP contribution in [0.2, 0.25) is 0 Å². The van der Waals surface area contributed by atoms with Crippen LogP contribution < -0.4 is 5.32 Å². The first-order valence-electron chi connectivity index (χ1n) is 10.2. The molecule has 162 valence electrons. The number of nitrogens with zero attached hydrogens (tertiary/aromatic N) is 5. The van der Waals surface area contributed by atoms with E-state index in [1.807, 2.05) is 19.1 Å². The number of aromatic nitrogens is 4. The number of nitrogens with one attached hydrogen (secondary N) is 1. The van der Waals surface area contributed by atoms with Gasteiger partial charge < -0.3 is 5.32 Å². The average Bonchev–Trinajstić information content (AvgIpc) is 3.31. The number of amides is 1. The quantitative estimate of drug-likeness (QED) is 0.630. The summed E-state index contributed by atoms with van der Waals surface area (Å²) in [7, 11) is -3.47. The number of piperidine rings is 1. The van der Waals surface area contributed by atoms with E-state index in [4.69, 9.17) is 0 Å². The molecule has 2 aromatic carbocycles. The summed E-state index contributed by atoms with van der Waals surface area (Å²) in [6.07, 6.45) is 4.49. The molecule has 0 atom stereocenters. The van der Waals surface area contributed by atoms with E-state index >= 15 is 0 Å².